The molecule has 5 nitrogen and oxygen atoms in total. The molecule has 1 atom stereocenters. The number of benzene rings is 2. The molecule has 0 saturated carbocycles. The first-order chi connectivity index (χ1) is 12.5. The smallest absolute Gasteiger partial charge is 0.244 e. The van der Waals surface area contributed by atoms with Gasteiger partial charge >= 0.3 is 0 Å². The van der Waals surface area contributed by atoms with Crippen molar-refractivity contribution in [3.63, 3.8) is 0 Å². The normalized spacial score (nSPS) is 15.2. The van der Waals surface area contributed by atoms with E-state index in [9.17, 15) is 8.42 Å². The minimum Gasteiger partial charge on any atom is -0.495 e. The topological polar surface area (TPSA) is 64.6 Å². The van der Waals surface area contributed by atoms with Crippen LogP contribution in [0.1, 0.15) is 30.9 Å². The molecular weight excluding hydrogens is 350 g/mol. The van der Waals surface area contributed by atoms with Gasteiger partial charge in [0.25, 0.3) is 0 Å². The number of hydrogen-bond donors (Lipinski definition) is 1. The first-order valence-corrected chi connectivity index (χ1v) is 10.4. The van der Waals surface area contributed by atoms with Crippen LogP contribution in [0.25, 0.3) is 0 Å². The van der Waals surface area contributed by atoms with Crippen LogP contribution in [0.2, 0.25) is 0 Å². The van der Waals surface area contributed by atoms with Gasteiger partial charge in [-0.15, -0.1) is 0 Å². The molecule has 1 aliphatic rings. The first-order valence-electron chi connectivity index (χ1n) is 8.89. The average molecular weight is 375 g/mol. The maximum absolute atomic E-state index is 12.9. The molecule has 0 bridgehead atoms. The van der Waals surface area contributed by atoms with Crippen LogP contribution in [0.3, 0.4) is 0 Å². The van der Waals surface area contributed by atoms with Gasteiger partial charge in [0.15, 0.2) is 0 Å². The molecule has 0 aliphatic heterocycles. The van der Waals surface area contributed by atoms with Crippen LogP contribution in [-0.2, 0) is 22.9 Å². The maximum atomic E-state index is 12.9. The van der Waals surface area contributed by atoms with Gasteiger partial charge in [0.05, 0.1) is 13.2 Å². The Morgan fingerprint density at radius 1 is 1.08 bits per heavy atom. The summed E-state index contributed by atoms with van der Waals surface area (Å²) in [7, 11) is -2.19. The molecule has 6 heteroatoms. The van der Waals surface area contributed by atoms with E-state index in [-0.39, 0.29) is 17.5 Å². The van der Waals surface area contributed by atoms with Crippen LogP contribution < -0.4 is 14.2 Å². The summed E-state index contributed by atoms with van der Waals surface area (Å²) in [6.07, 6.45) is 4.11. The van der Waals surface area contributed by atoms with Crippen molar-refractivity contribution >= 4 is 10.0 Å². The second-order valence-corrected chi connectivity index (χ2v) is 8.31. The van der Waals surface area contributed by atoms with Crippen molar-refractivity contribution in [2.24, 2.45) is 0 Å². The highest BCUT2D eigenvalue weighted by molar-refractivity contribution is 7.89. The number of aryl methyl sites for hydroxylation is 2. The van der Waals surface area contributed by atoms with Gasteiger partial charge in [-0.1, -0.05) is 18.2 Å². The number of nitrogens with one attached hydrogen (secondary N) is 1. The van der Waals surface area contributed by atoms with E-state index < -0.39 is 10.0 Å². The second-order valence-electron chi connectivity index (χ2n) is 6.63. The SMILES string of the molecule is COc1cc2c(cc1S(=O)(=O)NC(C)COc1ccccc1)CCCC2. The Balaban J connectivity index is 1.74. The number of para-hydroxylation sites is 1. The molecule has 1 N–H and O–H groups in total. The molecule has 0 spiro atoms. The molecule has 0 fully saturated rings. The highest BCUT2D eigenvalue weighted by atomic mass is 32.2. The largest absolute Gasteiger partial charge is 0.495 e. The highest BCUT2D eigenvalue weighted by Crippen LogP contribution is 2.32. The molecule has 0 radical (unpaired) electrons. The average Bonchev–Trinajstić information content (AvgIpc) is 2.65. The van der Waals surface area contributed by atoms with Crippen molar-refractivity contribution in [2.75, 3.05) is 13.7 Å². The Morgan fingerprint density at radius 2 is 1.73 bits per heavy atom. The fraction of sp³-hybridized carbons (Fsp3) is 0.400. The van der Waals surface area contributed by atoms with Gasteiger partial charge in [0, 0.05) is 0 Å². The summed E-state index contributed by atoms with van der Waals surface area (Å²) >= 11 is 0. The summed E-state index contributed by atoms with van der Waals surface area (Å²) < 4.78 is 39.4. The van der Waals surface area contributed by atoms with Crippen molar-refractivity contribution in [1.82, 2.24) is 4.72 Å². The number of ether oxygens (including phenoxy) is 2. The monoisotopic (exact) mass is 375 g/mol. The standard InChI is InChI=1S/C20H25NO4S/c1-15(14-25-18-10-4-3-5-11-18)21-26(22,23)20-13-17-9-7-6-8-16(17)12-19(20)24-2/h3-5,10-13,15,21H,6-9,14H2,1-2H3. The molecule has 1 aliphatic carbocycles. The van der Waals surface area contributed by atoms with Gasteiger partial charge in [-0.25, -0.2) is 13.1 Å². The molecule has 3 rings (SSSR count). The summed E-state index contributed by atoms with van der Waals surface area (Å²) in [5.74, 6) is 1.11. The Labute approximate surface area is 155 Å². The van der Waals surface area contributed by atoms with Gasteiger partial charge in [-0.2, -0.15) is 0 Å². The third-order valence-electron chi connectivity index (χ3n) is 4.52. The van der Waals surface area contributed by atoms with E-state index in [0.29, 0.717) is 11.5 Å². The summed E-state index contributed by atoms with van der Waals surface area (Å²) in [5.41, 5.74) is 2.29. The fourth-order valence-corrected chi connectivity index (χ4v) is 4.64. The van der Waals surface area contributed by atoms with Gasteiger partial charge in [0.1, 0.15) is 23.0 Å². The Bertz CT molecular complexity index is 850. The molecule has 0 saturated heterocycles. The van der Waals surface area contributed by atoms with Gasteiger partial charge in [-0.3, -0.25) is 0 Å². The zero-order valence-electron chi connectivity index (χ0n) is 15.2. The Hall–Kier alpha value is -2.05. The van der Waals surface area contributed by atoms with E-state index in [2.05, 4.69) is 4.72 Å². The number of methoxy groups -OCH3 is 1. The lowest BCUT2D eigenvalue weighted by molar-refractivity contribution is 0.287. The third kappa shape index (κ3) is 4.37. The molecule has 0 amide bonds. The van der Waals surface area contributed by atoms with Crippen molar-refractivity contribution in [3.05, 3.63) is 53.6 Å². The van der Waals surface area contributed by atoms with Crippen LogP contribution in [0.4, 0.5) is 0 Å². The van der Waals surface area contributed by atoms with Crippen molar-refractivity contribution in [3.8, 4) is 11.5 Å². The Morgan fingerprint density at radius 3 is 2.38 bits per heavy atom. The van der Waals surface area contributed by atoms with E-state index in [4.69, 9.17) is 9.47 Å². The van der Waals surface area contributed by atoms with Crippen LogP contribution in [-0.4, -0.2) is 28.2 Å². The molecule has 1 unspecified atom stereocenters. The first kappa shape index (κ1) is 18.7. The van der Waals surface area contributed by atoms with Crippen LogP contribution in [0, 0.1) is 0 Å². The Kier molecular flexibility index (Phi) is 5.84. The summed E-state index contributed by atoms with van der Waals surface area (Å²) in [6.45, 7) is 2.03. The predicted molar refractivity (Wildman–Crippen MR) is 101 cm³/mol. The van der Waals surface area contributed by atoms with Gasteiger partial charge in [0.2, 0.25) is 10.0 Å². The van der Waals surface area contributed by atoms with Crippen LogP contribution in [0.15, 0.2) is 47.4 Å². The van der Waals surface area contributed by atoms with E-state index in [1.54, 1.807) is 13.0 Å². The van der Waals surface area contributed by atoms with Crippen LogP contribution in [0.5, 0.6) is 11.5 Å². The van der Waals surface area contributed by atoms with Gasteiger partial charge < -0.3 is 9.47 Å². The number of fused-ring (bicyclic) bond motifs is 1. The second kappa shape index (κ2) is 8.10. The quantitative estimate of drug-likeness (QED) is 0.806. The summed E-state index contributed by atoms with van der Waals surface area (Å²) in [4.78, 5) is 0.201. The molecule has 2 aromatic carbocycles. The molecule has 140 valence electrons. The van der Waals surface area contributed by atoms with E-state index in [1.807, 2.05) is 36.4 Å². The van der Waals surface area contributed by atoms with Gasteiger partial charge in [-0.05, 0) is 68.0 Å². The predicted octanol–water partition coefficient (Wildman–Crippen LogP) is 3.32. The van der Waals surface area contributed by atoms with Crippen LogP contribution >= 0.6 is 0 Å². The summed E-state index contributed by atoms with van der Waals surface area (Å²) in [5, 5.41) is 0. The highest BCUT2D eigenvalue weighted by Gasteiger charge is 2.25. The molecule has 0 heterocycles. The molecule has 2 aromatic rings. The number of rotatable bonds is 7. The van der Waals surface area contributed by atoms with E-state index >= 15 is 0 Å². The zero-order valence-corrected chi connectivity index (χ0v) is 16.0. The fourth-order valence-electron chi connectivity index (χ4n) is 3.21. The minimum atomic E-state index is -3.70. The molecular formula is C20H25NO4S. The summed E-state index contributed by atoms with van der Waals surface area (Å²) in [6, 6.07) is 12.6. The lowest BCUT2D eigenvalue weighted by Gasteiger charge is -2.21. The zero-order chi connectivity index (χ0) is 18.6. The van der Waals surface area contributed by atoms with Crippen molar-refractivity contribution < 1.29 is 17.9 Å². The van der Waals surface area contributed by atoms with E-state index in [1.165, 1.54) is 12.7 Å². The minimum absolute atomic E-state index is 0.201. The lowest BCUT2D eigenvalue weighted by atomic mass is 9.92. The lowest BCUT2D eigenvalue weighted by Crippen LogP contribution is -2.37. The third-order valence-corrected chi connectivity index (χ3v) is 6.13. The molecule has 0 aromatic heterocycles. The number of hydrogen-bond acceptors (Lipinski definition) is 4. The van der Waals surface area contributed by atoms with Crippen molar-refractivity contribution in [1.29, 1.82) is 0 Å². The molecule has 26 heavy (non-hydrogen) atoms. The maximum Gasteiger partial charge on any atom is 0.244 e. The van der Waals surface area contributed by atoms with Crippen molar-refractivity contribution in [2.45, 2.75) is 43.5 Å². The number of sulfonamides is 1. The van der Waals surface area contributed by atoms with E-state index in [0.717, 1.165) is 31.2 Å².